The first-order chi connectivity index (χ1) is 11.0. The average molecular weight is 314 g/mol. The summed E-state index contributed by atoms with van der Waals surface area (Å²) in [5.41, 5.74) is -0.896. The average Bonchev–Trinajstić information content (AvgIpc) is 2.84. The second-order valence-electron chi connectivity index (χ2n) is 5.35. The molecule has 6 heteroatoms. The zero-order chi connectivity index (χ0) is 16.6. The largest absolute Gasteiger partial charge is 0.481 e. The highest BCUT2D eigenvalue weighted by atomic mass is 16.7. The summed E-state index contributed by atoms with van der Waals surface area (Å²) in [5.74, 6) is -3.44. The number of hydrogen-bond acceptors (Lipinski definition) is 5. The third-order valence-corrected chi connectivity index (χ3v) is 3.99. The topological polar surface area (TPSA) is 89.9 Å². The van der Waals surface area contributed by atoms with Crippen molar-refractivity contribution >= 4 is 17.7 Å². The second kappa shape index (κ2) is 5.48. The third-order valence-electron chi connectivity index (χ3n) is 3.99. The molecule has 1 aromatic carbocycles. The first-order valence-corrected chi connectivity index (χ1v) is 7.03. The number of cyclic esters (lactones) is 1. The normalized spacial score (nSPS) is 28.3. The molecule has 1 heterocycles. The Morgan fingerprint density at radius 1 is 1.26 bits per heavy atom. The zero-order valence-electron chi connectivity index (χ0n) is 12.3. The number of carboxylic acids is 1. The molecule has 1 aliphatic heterocycles. The fourth-order valence-electron chi connectivity index (χ4n) is 2.80. The van der Waals surface area contributed by atoms with Crippen LogP contribution in [0.3, 0.4) is 0 Å². The van der Waals surface area contributed by atoms with Crippen molar-refractivity contribution < 1.29 is 29.0 Å². The monoisotopic (exact) mass is 314 g/mol. The zero-order valence-corrected chi connectivity index (χ0v) is 12.3. The molecule has 1 N–H and O–H groups in total. The van der Waals surface area contributed by atoms with Gasteiger partial charge < -0.3 is 14.6 Å². The molecule has 0 amide bonds. The van der Waals surface area contributed by atoms with Crippen LogP contribution in [0.2, 0.25) is 0 Å². The molecule has 1 aliphatic carbocycles. The van der Waals surface area contributed by atoms with Gasteiger partial charge in [-0.2, -0.15) is 0 Å². The summed E-state index contributed by atoms with van der Waals surface area (Å²) in [6, 6.07) is 6.64. The molecule has 0 radical (unpaired) electrons. The van der Waals surface area contributed by atoms with E-state index in [0.717, 1.165) is 0 Å². The number of rotatable bonds is 4. The Bertz CT molecular complexity index is 747. The second-order valence-corrected chi connectivity index (χ2v) is 5.35. The van der Waals surface area contributed by atoms with E-state index < -0.39 is 35.5 Å². The summed E-state index contributed by atoms with van der Waals surface area (Å²) in [6.45, 7) is 1.25. The Labute approximate surface area is 132 Å². The number of aliphatic carboxylic acids is 1. The number of Topliss-reactive ketones (excluding diaryl/α,β-unsaturated/α-hetero) is 1. The minimum atomic E-state index is -1.72. The molecule has 3 unspecified atom stereocenters. The Morgan fingerprint density at radius 3 is 2.70 bits per heavy atom. The number of carboxylic acid groups (broad SMARTS) is 1. The van der Waals surface area contributed by atoms with Gasteiger partial charge in [-0.3, -0.25) is 9.59 Å². The van der Waals surface area contributed by atoms with Gasteiger partial charge in [-0.25, -0.2) is 4.79 Å². The van der Waals surface area contributed by atoms with E-state index in [-0.39, 0.29) is 0 Å². The molecular formula is C17H14O6. The van der Waals surface area contributed by atoms with Gasteiger partial charge in [0.1, 0.15) is 5.92 Å². The van der Waals surface area contributed by atoms with Crippen LogP contribution in [0.1, 0.15) is 29.1 Å². The summed E-state index contributed by atoms with van der Waals surface area (Å²) >= 11 is 0. The first-order valence-electron chi connectivity index (χ1n) is 7.03. The van der Waals surface area contributed by atoms with E-state index in [1.807, 2.05) is 0 Å². The maximum Gasteiger partial charge on any atom is 0.341 e. The number of esters is 1. The Hall–Kier alpha value is -2.73. The molecule has 2 aliphatic rings. The van der Waals surface area contributed by atoms with Crippen LogP contribution in [0.5, 0.6) is 0 Å². The smallest absolute Gasteiger partial charge is 0.341 e. The van der Waals surface area contributed by atoms with Crippen molar-refractivity contribution in [2.45, 2.75) is 18.8 Å². The van der Waals surface area contributed by atoms with Crippen LogP contribution in [0.4, 0.5) is 0 Å². The molecule has 23 heavy (non-hydrogen) atoms. The Morgan fingerprint density at radius 2 is 2.00 bits per heavy atom. The fourth-order valence-corrected chi connectivity index (χ4v) is 2.80. The van der Waals surface area contributed by atoms with Crippen LogP contribution < -0.4 is 0 Å². The molecule has 0 fully saturated rings. The molecular weight excluding hydrogens is 300 g/mol. The summed E-state index contributed by atoms with van der Waals surface area (Å²) in [5, 5.41) is 9.42. The lowest BCUT2D eigenvalue weighted by atomic mass is 9.80. The lowest BCUT2D eigenvalue weighted by Gasteiger charge is -2.35. The van der Waals surface area contributed by atoms with Gasteiger partial charge in [0.2, 0.25) is 6.29 Å². The van der Waals surface area contributed by atoms with E-state index in [2.05, 4.69) is 0 Å². The third kappa shape index (κ3) is 2.37. The molecule has 0 saturated heterocycles. The lowest BCUT2D eigenvalue weighted by molar-refractivity contribution is -0.193. The summed E-state index contributed by atoms with van der Waals surface area (Å²) in [4.78, 5) is 35.6. The number of carbonyl (C=O) groups is 3. The number of carbonyl (C=O) groups excluding carboxylic acids is 2. The Balaban J connectivity index is 2.01. The van der Waals surface area contributed by atoms with Crippen LogP contribution in [0.25, 0.3) is 0 Å². The minimum Gasteiger partial charge on any atom is -0.481 e. The van der Waals surface area contributed by atoms with Crippen molar-refractivity contribution in [3.8, 4) is 0 Å². The number of ether oxygens (including phenoxy) is 2. The standard InChI is InChI=1S/C17H14O6/c1-10(18)17(9-5-4-8-13(17)14(19)20)23-16-12-7-3-2-6-11(12)15(21)22-16/h2-9,13,16H,1H3,(H,19,20). The molecule has 6 nitrogen and oxygen atoms in total. The molecule has 3 atom stereocenters. The predicted molar refractivity (Wildman–Crippen MR) is 78.5 cm³/mol. The van der Waals surface area contributed by atoms with Gasteiger partial charge in [0.25, 0.3) is 0 Å². The van der Waals surface area contributed by atoms with E-state index in [0.29, 0.717) is 11.1 Å². The van der Waals surface area contributed by atoms with Gasteiger partial charge in [0.15, 0.2) is 11.4 Å². The number of hydrogen-bond donors (Lipinski definition) is 1. The predicted octanol–water partition coefficient (Wildman–Crippen LogP) is 2.03. The highest BCUT2D eigenvalue weighted by Gasteiger charge is 2.50. The van der Waals surface area contributed by atoms with Crippen molar-refractivity contribution in [1.29, 1.82) is 0 Å². The van der Waals surface area contributed by atoms with Crippen LogP contribution in [-0.4, -0.2) is 28.4 Å². The minimum absolute atomic E-state index is 0.346. The Kier molecular flexibility index (Phi) is 3.61. The lowest BCUT2D eigenvalue weighted by Crippen LogP contribution is -2.49. The summed E-state index contributed by atoms with van der Waals surface area (Å²) in [6.07, 6.45) is 4.73. The number of allylic oxidation sites excluding steroid dienone is 2. The number of ketones is 1. The van der Waals surface area contributed by atoms with Crippen molar-refractivity contribution in [1.82, 2.24) is 0 Å². The molecule has 0 bridgehead atoms. The van der Waals surface area contributed by atoms with Gasteiger partial charge in [-0.05, 0) is 19.1 Å². The van der Waals surface area contributed by atoms with Crippen LogP contribution >= 0.6 is 0 Å². The molecule has 0 saturated carbocycles. The van der Waals surface area contributed by atoms with E-state index in [9.17, 15) is 19.5 Å². The van der Waals surface area contributed by atoms with Gasteiger partial charge >= 0.3 is 11.9 Å². The van der Waals surface area contributed by atoms with E-state index in [1.165, 1.54) is 25.2 Å². The molecule has 1 aromatic rings. The van der Waals surface area contributed by atoms with Crippen molar-refractivity contribution in [3.05, 3.63) is 59.7 Å². The van der Waals surface area contributed by atoms with Crippen LogP contribution in [0, 0.1) is 5.92 Å². The fraction of sp³-hybridized carbons (Fsp3) is 0.235. The van der Waals surface area contributed by atoms with Crippen molar-refractivity contribution in [3.63, 3.8) is 0 Å². The maximum absolute atomic E-state index is 12.2. The summed E-state index contributed by atoms with van der Waals surface area (Å²) < 4.78 is 10.9. The molecule has 0 spiro atoms. The first kappa shape index (κ1) is 15.2. The van der Waals surface area contributed by atoms with Gasteiger partial charge in [0, 0.05) is 5.56 Å². The van der Waals surface area contributed by atoms with Crippen LogP contribution in [0.15, 0.2) is 48.6 Å². The highest BCUT2D eigenvalue weighted by molar-refractivity contribution is 5.95. The highest BCUT2D eigenvalue weighted by Crippen LogP contribution is 2.39. The maximum atomic E-state index is 12.2. The van der Waals surface area contributed by atoms with Crippen LogP contribution in [-0.2, 0) is 19.1 Å². The van der Waals surface area contributed by atoms with Crippen molar-refractivity contribution in [2.75, 3.05) is 0 Å². The van der Waals surface area contributed by atoms with E-state index in [4.69, 9.17) is 9.47 Å². The molecule has 118 valence electrons. The van der Waals surface area contributed by atoms with Gasteiger partial charge in [-0.1, -0.05) is 36.4 Å². The SMILES string of the molecule is CC(=O)C1(OC2OC(=O)c3ccccc32)C=CC=CC1C(=O)O. The number of fused-ring (bicyclic) bond motifs is 1. The van der Waals surface area contributed by atoms with Gasteiger partial charge in [0.05, 0.1) is 5.56 Å². The quantitative estimate of drug-likeness (QED) is 0.855. The summed E-state index contributed by atoms with van der Waals surface area (Å²) in [7, 11) is 0. The van der Waals surface area contributed by atoms with E-state index >= 15 is 0 Å². The molecule has 0 aromatic heterocycles. The number of benzene rings is 1. The molecule has 3 rings (SSSR count). The van der Waals surface area contributed by atoms with Crippen molar-refractivity contribution in [2.24, 2.45) is 5.92 Å². The van der Waals surface area contributed by atoms with Gasteiger partial charge in [-0.15, -0.1) is 0 Å². The van der Waals surface area contributed by atoms with E-state index in [1.54, 1.807) is 30.3 Å².